The van der Waals surface area contributed by atoms with Crippen LogP contribution in [-0.4, -0.2) is 35.5 Å². The van der Waals surface area contributed by atoms with E-state index in [0.717, 1.165) is 44.5 Å². The van der Waals surface area contributed by atoms with Crippen molar-refractivity contribution in [1.82, 2.24) is 9.88 Å². The maximum absolute atomic E-state index is 12.6. The highest BCUT2D eigenvalue weighted by atomic mass is 35.5. The van der Waals surface area contributed by atoms with E-state index in [0.29, 0.717) is 18.1 Å². The summed E-state index contributed by atoms with van der Waals surface area (Å²) in [6, 6.07) is 11.9. The average molecular weight is 373 g/mol. The third-order valence-corrected chi connectivity index (χ3v) is 5.27. The Labute approximate surface area is 160 Å². The van der Waals surface area contributed by atoms with E-state index in [4.69, 9.17) is 16.3 Å². The van der Waals surface area contributed by atoms with E-state index < -0.39 is 0 Å². The molecule has 1 aromatic heterocycles. The van der Waals surface area contributed by atoms with Crippen LogP contribution < -0.4 is 4.74 Å². The molecule has 1 amide bonds. The van der Waals surface area contributed by atoms with Gasteiger partial charge in [-0.1, -0.05) is 23.7 Å². The molecule has 26 heavy (non-hydrogen) atoms. The minimum Gasteiger partial charge on any atom is -0.494 e. The van der Waals surface area contributed by atoms with E-state index in [-0.39, 0.29) is 11.1 Å². The summed E-state index contributed by atoms with van der Waals surface area (Å²) in [5, 5.41) is 0.287. The fourth-order valence-electron chi connectivity index (χ4n) is 3.43. The molecule has 5 heteroatoms. The minimum absolute atomic E-state index is 0.00642. The van der Waals surface area contributed by atoms with Gasteiger partial charge in [-0.3, -0.25) is 4.79 Å². The van der Waals surface area contributed by atoms with Gasteiger partial charge < -0.3 is 9.64 Å². The quantitative estimate of drug-likeness (QED) is 0.695. The lowest BCUT2D eigenvalue weighted by atomic mass is 9.90. The molecule has 1 aliphatic rings. The van der Waals surface area contributed by atoms with Gasteiger partial charge in [-0.2, -0.15) is 0 Å². The van der Waals surface area contributed by atoms with E-state index in [9.17, 15) is 4.79 Å². The average Bonchev–Trinajstić information content (AvgIpc) is 2.68. The van der Waals surface area contributed by atoms with Crippen LogP contribution in [0.25, 0.3) is 0 Å². The molecule has 2 aromatic rings. The SMILES string of the molecule is CCOc1ccc(CCC2CCN(C(=O)c3cccnc3Cl)CC2)cc1. The van der Waals surface area contributed by atoms with Gasteiger partial charge in [-0.05, 0) is 68.4 Å². The molecule has 2 heterocycles. The number of piperidine rings is 1. The number of carbonyl (C=O) groups is 1. The molecule has 3 rings (SSSR count). The van der Waals surface area contributed by atoms with Crippen molar-refractivity contribution in [2.24, 2.45) is 5.92 Å². The van der Waals surface area contributed by atoms with Crippen LogP contribution in [0, 0.1) is 5.92 Å². The number of hydrogen-bond acceptors (Lipinski definition) is 3. The maximum Gasteiger partial charge on any atom is 0.256 e. The van der Waals surface area contributed by atoms with E-state index in [1.807, 2.05) is 24.0 Å². The number of pyridine rings is 1. The molecule has 0 radical (unpaired) electrons. The van der Waals surface area contributed by atoms with E-state index in [1.54, 1.807) is 18.3 Å². The standard InChI is InChI=1S/C21H25ClN2O2/c1-2-26-18-9-7-16(8-10-18)5-6-17-11-14-24(15-12-17)21(25)19-4-3-13-23-20(19)22/h3-4,7-10,13,17H,2,5-6,11-12,14-15H2,1H3. The zero-order valence-electron chi connectivity index (χ0n) is 15.2. The topological polar surface area (TPSA) is 42.4 Å². The number of rotatable bonds is 6. The third kappa shape index (κ3) is 4.76. The van der Waals surface area contributed by atoms with E-state index >= 15 is 0 Å². The van der Waals surface area contributed by atoms with Gasteiger partial charge in [0.1, 0.15) is 10.9 Å². The van der Waals surface area contributed by atoms with Crippen molar-refractivity contribution < 1.29 is 9.53 Å². The van der Waals surface area contributed by atoms with Crippen molar-refractivity contribution in [1.29, 1.82) is 0 Å². The summed E-state index contributed by atoms with van der Waals surface area (Å²) in [4.78, 5) is 18.5. The number of likely N-dealkylation sites (tertiary alicyclic amines) is 1. The van der Waals surface area contributed by atoms with Gasteiger partial charge in [0.15, 0.2) is 0 Å². The second kappa shape index (κ2) is 9.04. The number of aromatic nitrogens is 1. The number of halogens is 1. The summed E-state index contributed by atoms with van der Waals surface area (Å²) in [6.07, 6.45) is 5.91. The molecular weight excluding hydrogens is 348 g/mol. The molecule has 1 fully saturated rings. The fourth-order valence-corrected chi connectivity index (χ4v) is 3.63. The lowest BCUT2D eigenvalue weighted by Crippen LogP contribution is -2.38. The highest BCUT2D eigenvalue weighted by Gasteiger charge is 2.24. The number of benzene rings is 1. The summed E-state index contributed by atoms with van der Waals surface area (Å²) in [5.41, 5.74) is 1.84. The zero-order chi connectivity index (χ0) is 18.4. The largest absolute Gasteiger partial charge is 0.494 e. The van der Waals surface area contributed by atoms with Crippen molar-refractivity contribution in [3.63, 3.8) is 0 Å². The van der Waals surface area contributed by atoms with Gasteiger partial charge in [0.05, 0.1) is 12.2 Å². The Morgan fingerprint density at radius 2 is 1.96 bits per heavy atom. The first-order chi connectivity index (χ1) is 12.7. The molecule has 4 nitrogen and oxygen atoms in total. The summed E-state index contributed by atoms with van der Waals surface area (Å²) in [5.74, 6) is 1.58. The predicted octanol–water partition coefficient (Wildman–Crippen LogP) is 4.62. The van der Waals surface area contributed by atoms with Gasteiger partial charge in [-0.15, -0.1) is 0 Å². The molecule has 0 unspecified atom stereocenters. The molecule has 0 N–H and O–H groups in total. The molecular formula is C21H25ClN2O2. The van der Waals surface area contributed by atoms with E-state index in [2.05, 4.69) is 17.1 Å². The lowest BCUT2D eigenvalue weighted by Gasteiger charge is -2.32. The van der Waals surface area contributed by atoms with Gasteiger partial charge in [0.25, 0.3) is 5.91 Å². The zero-order valence-corrected chi connectivity index (χ0v) is 15.9. The van der Waals surface area contributed by atoms with Crippen LogP contribution in [0.2, 0.25) is 5.15 Å². The number of carbonyl (C=O) groups excluding carboxylic acids is 1. The normalized spacial score (nSPS) is 15.1. The highest BCUT2D eigenvalue weighted by Crippen LogP contribution is 2.25. The Balaban J connectivity index is 1.46. The van der Waals surface area contributed by atoms with Crippen LogP contribution in [0.15, 0.2) is 42.6 Å². The fraction of sp³-hybridized carbons (Fsp3) is 0.429. The van der Waals surface area contributed by atoms with Gasteiger partial charge in [-0.25, -0.2) is 4.98 Å². The van der Waals surface area contributed by atoms with Crippen molar-refractivity contribution >= 4 is 17.5 Å². The lowest BCUT2D eigenvalue weighted by molar-refractivity contribution is 0.0686. The number of nitrogens with zero attached hydrogens (tertiary/aromatic N) is 2. The highest BCUT2D eigenvalue weighted by molar-refractivity contribution is 6.32. The smallest absolute Gasteiger partial charge is 0.256 e. The molecule has 1 aliphatic heterocycles. The van der Waals surface area contributed by atoms with Crippen molar-refractivity contribution in [3.05, 3.63) is 58.9 Å². The summed E-state index contributed by atoms with van der Waals surface area (Å²) in [6.45, 7) is 4.27. The van der Waals surface area contributed by atoms with Gasteiger partial charge in [0, 0.05) is 19.3 Å². The molecule has 0 bridgehead atoms. The number of hydrogen-bond donors (Lipinski definition) is 0. The Bertz CT molecular complexity index is 725. The molecule has 0 aliphatic carbocycles. The van der Waals surface area contributed by atoms with Crippen LogP contribution >= 0.6 is 11.6 Å². The molecule has 1 aromatic carbocycles. The second-order valence-corrected chi connectivity index (χ2v) is 7.05. The van der Waals surface area contributed by atoms with E-state index in [1.165, 1.54) is 5.56 Å². The number of amides is 1. The Morgan fingerprint density at radius 3 is 2.62 bits per heavy atom. The summed E-state index contributed by atoms with van der Waals surface area (Å²) in [7, 11) is 0. The Morgan fingerprint density at radius 1 is 1.23 bits per heavy atom. The summed E-state index contributed by atoms with van der Waals surface area (Å²) >= 11 is 6.05. The monoisotopic (exact) mass is 372 g/mol. The minimum atomic E-state index is -0.00642. The van der Waals surface area contributed by atoms with Crippen LogP contribution in [0.4, 0.5) is 0 Å². The van der Waals surface area contributed by atoms with Crippen LogP contribution in [-0.2, 0) is 6.42 Å². The van der Waals surface area contributed by atoms with Crippen molar-refractivity contribution in [2.45, 2.75) is 32.6 Å². The first kappa shape index (κ1) is 18.7. The maximum atomic E-state index is 12.6. The van der Waals surface area contributed by atoms with Crippen LogP contribution in [0.1, 0.15) is 42.1 Å². The number of ether oxygens (including phenoxy) is 1. The second-order valence-electron chi connectivity index (χ2n) is 6.69. The van der Waals surface area contributed by atoms with Gasteiger partial charge >= 0.3 is 0 Å². The molecule has 138 valence electrons. The predicted molar refractivity (Wildman–Crippen MR) is 104 cm³/mol. The molecule has 0 atom stereocenters. The van der Waals surface area contributed by atoms with Crippen LogP contribution in [0.3, 0.4) is 0 Å². The Hall–Kier alpha value is -2.07. The Kier molecular flexibility index (Phi) is 6.51. The first-order valence-corrected chi connectivity index (χ1v) is 9.66. The first-order valence-electron chi connectivity index (χ1n) is 9.29. The molecule has 0 spiro atoms. The van der Waals surface area contributed by atoms with Crippen LogP contribution in [0.5, 0.6) is 5.75 Å². The molecule has 0 saturated carbocycles. The van der Waals surface area contributed by atoms with Crippen molar-refractivity contribution in [2.75, 3.05) is 19.7 Å². The van der Waals surface area contributed by atoms with Crippen molar-refractivity contribution in [3.8, 4) is 5.75 Å². The van der Waals surface area contributed by atoms with Gasteiger partial charge in [0.2, 0.25) is 0 Å². The summed E-state index contributed by atoms with van der Waals surface area (Å²) < 4.78 is 5.48. The number of aryl methyl sites for hydroxylation is 1. The molecule has 1 saturated heterocycles. The third-order valence-electron chi connectivity index (χ3n) is 4.97.